The van der Waals surface area contributed by atoms with Gasteiger partial charge in [-0.05, 0) is 12.5 Å². The van der Waals surface area contributed by atoms with Gasteiger partial charge in [0.1, 0.15) is 0 Å². The molecule has 0 aromatic heterocycles. The minimum atomic E-state index is -0.587. The third-order valence-corrected chi connectivity index (χ3v) is 3.05. The lowest BCUT2D eigenvalue weighted by Gasteiger charge is -2.20. The van der Waals surface area contributed by atoms with Crippen LogP contribution in [0.4, 0.5) is 0 Å². The molecule has 0 radical (unpaired) electrons. The highest BCUT2D eigenvalue weighted by molar-refractivity contribution is 5.13. The minimum absolute atomic E-state index is 0.00335. The average Bonchev–Trinajstić information content (AvgIpc) is 2.40. The minimum Gasteiger partial charge on any atom is -0.393 e. The predicted molar refractivity (Wildman–Crippen MR) is 76.7 cm³/mol. The maximum Gasteiger partial charge on any atom is 0.0745 e. The van der Waals surface area contributed by atoms with Crippen LogP contribution >= 0.6 is 0 Å². The number of ether oxygens (including phenoxy) is 1. The summed E-state index contributed by atoms with van der Waals surface area (Å²) in [5.41, 5.74) is 1.12. The fourth-order valence-electron chi connectivity index (χ4n) is 1.83. The molecule has 0 bridgehead atoms. The van der Waals surface area contributed by atoms with Crippen LogP contribution in [0.3, 0.4) is 0 Å². The Morgan fingerprint density at radius 1 is 1.21 bits per heavy atom. The monoisotopic (exact) mass is 264 g/mol. The van der Waals surface area contributed by atoms with Gasteiger partial charge in [-0.25, -0.2) is 0 Å². The maximum atomic E-state index is 9.94. The molecule has 19 heavy (non-hydrogen) atoms. The Morgan fingerprint density at radius 2 is 1.89 bits per heavy atom. The molecular formula is C16H24O3. The van der Waals surface area contributed by atoms with Gasteiger partial charge in [-0.3, -0.25) is 0 Å². The van der Waals surface area contributed by atoms with Gasteiger partial charge in [0, 0.05) is 12.3 Å². The molecule has 0 heterocycles. The molecule has 1 aromatic carbocycles. The van der Waals surface area contributed by atoms with Gasteiger partial charge in [0.15, 0.2) is 0 Å². The third kappa shape index (κ3) is 6.53. The largest absolute Gasteiger partial charge is 0.393 e. The second kappa shape index (κ2) is 8.86. The first-order valence-electron chi connectivity index (χ1n) is 6.74. The van der Waals surface area contributed by atoms with Crippen LogP contribution in [0.15, 0.2) is 42.5 Å². The Labute approximate surface area is 115 Å². The molecule has 2 N–H and O–H groups in total. The number of aliphatic hydroxyl groups excluding tert-OH is 2. The SMILES string of the molecule is C/C=C/[C@@H](O)C[C@H](O)[C@H](C)COCc1ccccc1. The lowest BCUT2D eigenvalue weighted by molar-refractivity contribution is 0.0101. The van der Waals surface area contributed by atoms with Gasteiger partial charge >= 0.3 is 0 Å². The zero-order chi connectivity index (χ0) is 14.1. The molecule has 0 saturated carbocycles. The number of hydrogen-bond donors (Lipinski definition) is 2. The van der Waals surface area contributed by atoms with E-state index in [1.807, 2.05) is 44.2 Å². The lowest BCUT2D eigenvalue weighted by atomic mass is 10.00. The van der Waals surface area contributed by atoms with Crippen molar-refractivity contribution in [1.29, 1.82) is 0 Å². The molecule has 3 heteroatoms. The van der Waals surface area contributed by atoms with Crippen molar-refractivity contribution in [2.75, 3.05) is 6.61 Å². The molecule has 1 aromatic rings. The number of aliphatic hydroxyl groups is 2. The van der Waals surface area contributed by atoms with Crippen molar-refractivity contribution >= 4 is 0 Å². The molecule has 0 aliphatic carbocycles. The summed E-state index contributed by atoms with van der Waals surface area (Å²) in [7, 11) is 0. The molecule has 0 aliphatic heterocycles. The van der Waals surface area contributed by atoms with Crippen LogP contribution in [0, 0.1) is 5.92 Å². The summed E-state index contributed by atoms with van der Waals surface area (Å²) in [5, 5.41) is 19.5. The van der Waals surface area contributed by atoms with Crippen molar-refractivity contribution in [3.8, 4) is 0 Å². The van der Waals surface area contributed by atoms with Crippen LogP contribution in [-0.2, 0) is 11.3 Å². The molecule has 0 unspecified atom stereocenters. The Hall–Kier alpha value is -1.16. The number of benzene rings is 1. The topological polar surface area (TPSA) is 49.7 Å². The predicted octanol–water partition coefficient (Wildman–Crippen LogP) is 2.53. The highest BCUT2D eigenvalue weighted by Crippen LogP contribution is 2.12. The fourth-order valence-corrected chi connectivity index (χ4v) is 1.83. The van der Waals surface area contributed by atoms with E-state index in [4.69, 9.17) is 4.74 Å². The van der Waals surface area contributed by atoms with Gasteiger partial charge in [-0.15, -0.1) is 0 Å². The molecular weight excluding hydrogens is 240 g/mol. The standard InChI is InChI=1S/C16H24O3/c1-3-7-15(17)10-16(18)13(2)11-19-12-14-8-5-4-6-9-14/h3-9,13,15-18H,10-12H2,1-2H3/b7-3+/t13-,15-,16+/m1/s1. The van der Waals surface area contributed by atoms with Gasteiger partial charge in [-0.2, -0.15) is 0 Å². The van der Waals surface area contributed by atoms with Crippen molar-refractivity contribution in [2.45, 2.75) is 39.1 Å². The summed E-state index contributed by atoms with van der Waals surface area (Å²) in [6, 6.07) is 9.95. The molecule has 0 amide bonds. The zero-order valence-electron chi connectivity index (χ0n) is 11.7. The molecule has 3 nitrogen and oxygen atoms in total. The zero-order valence-corrected chi connectivity index (χ0v) is 11.7. The summed E-state index contributed by atoms with van der Waals surface area (Å²) in [6.45, 7) is 4.81. The summed E-state index contributed by atoms with van der Waals surface area (Å²) in [6.07, 6.45) is 2.67. The molecule has 106 valence electrons. The molecule has 1 rings (SSSR count). The normalized spacial score (nSPS) is 16.4. The number of allylic oxidation sites excluding steroid dienone is 1. The Kier molecular flexibility index (Phi) is 7.41. The third-order valence-electron chi connectivity index (χ3n) is 3.05. The molecule has 0 fully saturated rings. The van der Waals surface area contributed by atoms with Crippen molar-refractivity contribution in [3.63, 3.8) is 0 Å². The summed E-state index contributed by atoms with van der Waals surface area (Å²) >= 11 is 0. The first kappa shape index (κ1) is 15.9. The van der Waals surface area contributed by atoms with Gasteiger partial charge in [0.05, 0.1) is 25.4 Å². The number of rotatable bonds is 8. The first-order valence-corrected chi connectivity index (χ1v) is 6.74. The second-order valence-electron chi connectivity index (χ2n) is 4.87. The Morgan fingerprint density at radius 3 is 2.53 bits per heavy atom. The van der Waals surface area contributed by atoms with Crippen LogP contribution in [0.5, 0.6) is 0 Å². The van der Waals surface area contributed by atoms with Crippen LogP contribution in [-0.4, -0.2) is 29.0 Å². The van der Waals surface area contributed by atoms with E-state index in [2.05, 4.69) is 0 Å². The lowest BCUT2D eigenvalue weighted by Crippen LogP contribution is -2.26. The van der Waals surface area contributed by atoms with Crippen LogP contribution in [0.2, 0.25) is 0 Å². The molecule has 0 aliphatic rings. The average molecular weight is 264 g/mol. The van der Waals surface area contributed by atoms with Gasteiger partial charge < -0.3 is 14.9 Å². The second-order valence-corrected chi connectivity index (χ2v) is 4.87. The van der Waals surface area contributed by atoms with Crippen molar-refractivity contribution in [3.05, 3.63) is 48.0 Å². The van der Waals surface area contributed by atoms with Gasteiger partial charge in [0.2, 0.25) is 0 Å². The van der Waals surface area contributed by atoms with E-state index >= 15 is 0 Å². The van der Waals surface area contributed by atoms with E-state index < -0.39 is 12.2 Å². The molecule has 0 spiro atoms. The van der Waals surface area contributed by atoms with Gasteiger partial charge in [-0.1, -0.05) is 49.4 Å². The maximum absolute atomic E-state index is 9.94. The number of hydrogen-bond acceptors (Lipinski definition) is 3. The van der Waals surface area contributed by atoms with Crippen molar-refractivity contribution in [1.82, 2.24) is 0 Å². The van der Waals surface area contributed by atoms with Crippen LogP contribution in [0.25, 0.3) is 0 Å². The smallest absolute Gasteiger partial charge is 0.0745 e. The van der Waals surface area contributed by atoms with Gasteiger partial charge in [0.25, 0.3) is 0 Å². The van der Waals surface area contributed by atoms with E-state index in [0.29, 0.717) is 19.6 Å². The summed E-state index contributed by atoms with van der Waals surface area (Å²) < 4.78 is 5.58. The van der Waals surface area contributed by atoms with E-state index in [1.165, 1.54) is 0 Å². The highest BCUT2D eigenvalue weighted by atomic mass is 16.5. The fraction of sp³-hybridized carbons (Fsp3) is 0.500. The van der Waals surface area contributed by atoms with Crippen molar-refractivity contribution < 1.29 is 14.9 Å². The molecule has 0 saturated heterocycles. The quantitative estimate of drug-likeness (QED) is 0.709. The van der Waals surface area contributed by atoms with E-state index in [-0.39, 0.29) is 5.92 Å². The summed E-state index contributed by atoms with van der Waals surface area (Å²) in [4.78, 5) is 0. The van der Waals surface area contributed by atoms with Crippen LogP contribution in [0.1, 0.15) is 25.8 Å². The molecule has 3 atom stereocenters. The summed E-state index contributed by atoms with van der Waals surface area (Å²) in [5.74, 6) is 0.00335. The first-order chi connectivity index (χ1) is 9.13. The van der Waals surface area contributed by atoms with Crippen molar-refractivity contribution in [2.24, 2.45) is 5.92 Å². The van der Waals surface area contributed by atoms with E-state index in [0.717, 1.165) is 5.56 Å². The Balaban J connectivity index is 2.25. The highest BCUT2D eigenvalue weighted by Gasteiger charge is 2.17. The van der Waals surface area contributed by atoms with E-state index in [1.54, 1.807) is 12.2 Å². The Bertz CT molecular complexity index is 362. The van der Waals surface area contributed by atoms with Crippen LogP contribution < -0.4 is 0 Å². The van der Waals surface area contributed by atoms with E-state index in [9.17, 15) is 10.2 Å².